The lowest BCUT2D eigenvalue weighted by Crippen LogP contribution is -2.30. The van der Waals surface area contributed by atoms with Crippen LogP contribution in [0, 0.1) is 18.7 Å². The summed E-state index contributed by atoms with van der Waals surface area (Å²) in [5, 5.41) is 10.3. The highest BCUT2D eigenvalue weighted by Crippen LogP contribution is 2.32. The zero-order chi connectivity index (χ0) is 32.1. The first-order valence-corrected chi connectivity index (χ1v) is 15.0. The fourth-order valence-electron chi connectivity index (χ4n) is 5.21. The molecule has 45 heavy (non-hydrogen) atoms. The second kappa shape index (κ2) is 14.0. The normalized spacial score (nSPS) is 16.6. The Hall–Kier alpha value is -4.55. The molecule has 2 aromatic heterocycles. The summed E-state index contributed by atoms with van der Waals surface area (Å²) in [5.41, 5.74) is 3.37. The van der Waals surface area contributed by atoms with Crippen LogP contribution in [0.2, 0.25) is 5.02 Å². The lowest BCUT2D eigenvalue weighted by Gasteiger charge is -2.20. The number of fused-ring (bicyclic) bond motifs is 4. The van der Waals surface area contributed by atoms with E-state index in [1.807, 2.05) is 6.92 Å². The molecule has 0 unspecified atom stereocenters. The maximum Gasteiger partial charge on any atom is 0.310 e. The number of halogens is 2. The van der Waals surface area contributed by atoms with Gasteiger partial charge in [0.15, 0.2) is 5.82 Å². The number of imidazole rings is 1. The van der Waals surface area contributed by atoms with Gasteiger partial charge in [0.05, 0.1) is 59.1 Å². The molecule has 3 N–H and O–H groups in total. The third-order valence-electron chi connectivity index (χ3n) is 7.75. The fraction of sp³-hybridized carbons (Fsp3) is 0.344. The average molecular weight is 637 g/mol. The largest absolute Gasteiger partial charge is 0.463 e. The van der Waals surface area contributed by atoms with E-state index in [-0.39, 0.29) is 41.1 Å². The van der Waals surface area contributed by atoms with Gasteiger partial charge in [-0.3, -0.25) is 14.4 Å². The first-order chi connectivity index (χ1) is 21.7. The van der Waals surface area contributed by atoms with E-state index in [4.69, 9.17) is 21.1 Å². The van der Waals surface area contributed by atoms with Crippen LogP contribution >= 0.6 is 11.6 Å². The Balaban J connectivity index is 1.41. The minimum absolute atomic E-state index is 0.0324. The number of H-pyrrole nitrogens is 1. The van der Waals surface area contributed by atoms with Gasteiger partial charge in [0.1, 0.15) is 18.1 Å². The van der Waals surface area contributed by atoms with Crippen LogP contribution in [0.3, 0.4) is 0 Å². The number of rotatable bonds is 8. The van der Waals surface area contributed by atoms with Gasteiger partial charge in [-0.1, -0.05) is 43.1 Å². The van der Waals surface area contributed by atoms with Crippen LogP contribution in [0.15, 0.2) is 48.8 Å². The van der Waals surface area contributed by atoms with Gasteiger partial charge in [-0.2, -0.15) is 5.10 Å². The molecule has 2 atom stereocenters. The summed E-state index contributed by atoms with van der Waals surface area (Å²) in [5.74, 6) is -1.36. The lowest BCUT2D eigenvalue weighted by molar-refractivity contribution is -0.144. The van der Waals surface area contributed by atoms with Crippen LogP contribution < -0.4 is 10.6 Å². The summed E-state index contributed by atoms with van der Waals surface area (Å²) in [6.07, 6.45) is 4.78. The third-order valence-corrected chi connectivity index (χ3v) is 8.05. The van der Waals surface area contributed by atoms with Gasteiger partial charge in [-0.25, -0.2) is 14.1 Å². The lowest BCUT2D eigenvalue weighted by atomic mass is 9.98. The Bertz CT molecular complexity index is 1720. The topological polar surface area (TPSA) is 140 Å². The number of anilines is 1. The van der Waals surface area contributed by atoms with E-state index in [0.717, 1.165) is 0 Å². The summed E-state index contributed by atoms with van der Waals surface area (Å²) < 4.78 is 26.1. The molecule has 0 spiro atoms. The van der Waals surface area contributed by atoms with E-state index in [2.05, 4.69) is 25.7 Å². The highest BCUT2D eigenvalue weighted by atomic mass is 35.5. The number of ether oxygens (including phenoxy) is 2. The number of methoxy groups -OCH3 is 1. The number of hydrogen-bond donors (Lipinski definition) is 3. The van der Waals surface area contributed by atoms with Crippen LogP contribution in [0.4, 0.5) is 10.1 Å². The second-order valence-corrected chi connectivity index (χ2v) is 11.3. The second-order valence-electron chi connectivity index (χ2n) is 10.9. The van der Waals surface area contributed by atoms with E-state index < -0.39 is 23.7 Å². The molecule has 0 fully saturated rings. The number of nitrogens with one attached hydrogen (secondary N) is 3. The summed E-state index contributed by atoms with van der Waals surface area (Å²) in [6.45, 7) is 3.99. The smallest absolute Gasteiger partial charge is 0.310 e. The van der Waals surface area contributed by atoms with Crippen LogP contribution in [-0.2, 0) is 25.5 Å². The number of carbonyl (C=O) groups is 3. The molecular weight excluding hydrogens is 603 g/mol. The molecule has 1 aliphatic rings. The van der Waals surface area contributed by atoms with Crippen molar-refractivity contribution in [3.63, 3.8) is 0 Å². The SMILES string of the molecule is COCCOC(=O)Cc1ccc2c(c1)NC(=O)[C@H](C)CCC[C@H](NC(=O)c1cnn(-c3cccc(Cl)c3F)c1C)c1ncc-2[nH]1. The molecule has 236 valence electrons. The number of aromatic amines is 1. The quantitative estimate of drug-likeness (QED) is 0.176. The Morgan fingerprint density at radius 3 is 2.80 bits per heavy atom. The average Bonchev–Trinajstić information content (AvgIpc) is 3.65. The van der Waals surface area contributed by atoms with Crippen LogP contribution in [0.25, 0.3) is 16.9 Å². The predicted octanol–water partition coefficient (Wildman–Crippen LogP) is 5.33. The Morgan fingerprint density at radius 2 is 2.00 bits per heavy atom. The molecule has 1 aliphatic heterocycles. The number of nitrogens with zero attached hydrogens (tertiary/aromatic N) is 3. The molecule has 5 rings (SSSR count). The monoisotopic (exact) mass is 636 g/mol. The molecule has 0 saturated heterocycles. The van der Waals surface area contributed by atoms with E-state index in [1.165, 1.54) is 30.1 Å². The zero-order valence-electron chi connectivity index (χ0n) is 25.2. The molecule has 11 nitrogen and oxygen atoms in total. The molecule has 0 saturated carbocycles. The van der Waals surface area contributed by atoms with Crippen LogP contribution in [0.1, 0.15) is 59.7 Å². The molecule has 2 aromatic carbocycles. The minimum Gasteiger partial charge on any atom is -0.463 e. The van der Waals surface area contributed by atoms with Gasteiger partial charge >= 0.3 is 5.97 Å². The maximum absolute atomic E-state index is 14.7. The highest BCUT2D eigenvalue weighted by molar-refractivity contribution is 6.30. The number of aromatic nitrogens is 4. The number of hydrogen-bond acceptors (Lipinski definition) is 7. The summed E-state index contributed by atoms with van der Waals surface area (Å²) in [7, 11) is 1.53. The molecule has 0 aliphatic carbocycles. The molecular formula is C32H34ClFN6O5. The molecule has 2 bridgehead atoms. The van der Waals surface area contributed by atoms with Crippen molar-refractivity contribution in [1.82, 2.24) is 25.1 Å². The minimum atomic E-state index is -0.632. The number of benzene rings is 2. The highest BCUT2D eigenvalue weighted by Gasteiger charge is 2.25. The summed E-state index contributed by atoms with van der Waals surface area (Å²) in [4.78, 5) is 46.8. The Labute approximate surface area is 264 Å². The number of esters is 1. The van der Waals surface area contributed by atoms with Crippen molar-refractivity contribution in [3.8, 4) is 16.9 Å². The van der Waals surface area contributed by atoms with Crippen LogP contribution in [0.5, 0.6) is 0 Å². The fourth-order valence-corrected chi connectivity index (χ4v) is 5.38. The predicted molar refractivity (Wildman–Crippen MR) is 166 cm³/mol. The van der Waals surface area contributed by atoms with Gasteiger partial charge in [0.25, 0.3) is 5.91 Å². The standard InChI is InChI=1S/C32H34ClFN6O5/c1-18-6-4-8-24(38-32(43)22-16-36-40(19(22)2)27-9-5-7-23(33)29(27)34)30-35-17-26(37-30)21-11-10-20(14-25(21)39-31(18)42)15-28(41)45-13-12-44-3/h5,7,9-11,14,16-18,24H,4,6,8,12-13,15H2,1-3H3,(H,35,37)(H,38,43)(H,39,42)/t18-,24+/m1/s1. The molecule has 4 aromatic rings. The van der Waals surface area contributed by atoms with Crippen molar-refractivity contribution < 1.29 is 28.2 Å². The zero-order valence-corrected chi connectivity index (χ0v) is 25.9. The van der Waals surface area contributed by atoms with Crippen molar-refractivity contribution >= 4 is 35.1 Å². The Kier molecular flexibility index (Phi) is 9.94. The van der Waals surface area contributed by atoms with Crippen molar-refractivity contribution in [2.24, 2.45) is 5.92 Å². The van der Waals surface area contributed by atoms with Crippen molar-refractivity contribution in [3.05, 3.63) is 82.3 Å². The number of amides is 2. The summed E-state index contributed by atoms with van der Waals surface area (Å²) >= 11 is 5.96. The number of carbonyl (C=O) groups excluding carboxylic acids is 3. The molecule has 13 heteroatoms. The van der Waals surface area contributed by atoms with E-state index in [9.17, 15) is 18.8 Å². The van der Waals surface area contributed by atoms with Gasteiger partial charge < -0.3 is 25.1 Å². The van der Waals surface area contributed by atoms with E-state index >= 15 is 0 Å². The van der Waals surface area contributed by atoms with Gasteiger partial charge in [-0.15, -0.1) is 0 Å². The Morgan fingerprint density at radius 1 is 1.18 bits per heavy atom. The van der Waals surface area contributed by atoms with E-state index in [1.54, 1.807) is 37.4 Å². The first kappa shape index (κ1) is 31.9. The van der Waals surface area contributed by atoms with Crippen molar-refractivity contribution in [2.45, 2.75) is 45.6 Å². The third kappa shape index (κ3) is 7.23. The van der Waals surface area contributed by atoms with Crippen molar-refractivity contribution in [1.29, 1.82) is 0 Å². The van der Waals surface area contributed by atoms with Crippen LogP contribution in [-0.4, -0.2) is 57.9 Å². The molecule has 2 amide bonds. The van der Waals surface area contributed by atoms with Crippen molar-refractivity contribution in [2.75, 3.05) is 25.6 Å². The first-order valence-electron chi connectivity index (χ1n) is 14.6. The molecule has 0 radical (unpaired) electrons. The van der Waals surface area contributed by atoms with Gasteiger partial charge in [-0.05, 0) is 43.5 Å². The van der Waals surface area contributed by atoms with Gasteiger partial charge in [0.2, 0.25) is 5.91 Å². The summed E-state index contributed by atoms with van der Waals surface area (Å²) in [6, 6.07) is 9.44. The van der Waals surface area contributed by atoms with Gasteiger partial charge in [0, 0.05) is 18.6 Å². The van der Waals surface area contributed by atoms with E-state index in [0.29, 0.717) is 59.9 Å². The molecule has 3 heterocycles. The maximum atomic E-state index is 14.7.